The van der Waals surface area contributed by atoms with Crippen LogP contribution >= 0.6 is 0 Å². The lowest BCUT2D eigenvalue weighted by atomic mass is 9.93. The van der Waals surface area contributed by atoms with Crippen LogP contribution in [0.25, 0.3) is 6.08 Å². The molecule has 1 atom stereocenters. The quantitative estimate of drug-likeness (QED) is 0.271. The Morgan fingerprint density at radius 1 is 0.977 bits per heavy atom. The number of rotatable bonds is 9. The SMILES string of the molecule is O=C(C=Cc1ccc2c(c1)C(=O)N(Cc1ccccc1)C1(CCN(CCc3ccccc3)CC1)O2)NOC1CCCCO1. The number of hydrogen-bond donors (Lipinski definition) is 1. The second-order valence-corrected chi connectivity index (χ2v) is 11.5. The number of likely N-dealkylation sites (tertiary alicyclic amines) is 1. The number of carbonyl (C=O) groups is 2. The monoisotopic (exact) mass is 581 g/mol. The van der Waals surface area contributed by atoms with Crippen molar-refractivity contribution in [2.45, 2.75) is 57.1 Å². The Kier molecular flexibility index (Phi) is 9.17. The molecule has 2 fully saturated rings. The number of ether oxygens (including phenoxy) is 2. The molecule has 3 aromatic carbocycles. The maximum Gasteiger partial charge on any atom is 0.267 e. The van der Waals surface area contributed by atoms with Gasteiger partial charge in [0.15, 0.2) is 12.0 Å². The Morgan fingerprint density at radius 3 is 2.44 bits per heavy atom. The van der Waals surface area contributed by atoms with E-state index >= 15 is 0 Å². The van der Waals surface area contributed by atoms with Gasteiger partial charge in [0.2, 0.25) is 0 Å². The van der Waals surface area contributed by atoms with E-state index in [-0.39, 0.29) is 5.91 Å². The van der Waals surface area contributed by atoms with E-state index in [9.17, 15) is 9.59 Å². The number of hydrogen-bond acceptors (Lipinski definition) is 6. The number of fused-ring (bicyclic) bond motifs is 1. The van der Waals surface area contributed by atoms with Crippen LogP contribution in [0.1, 0.15) is 59.2 Å². The Bertz CT molecular complexity index is 1410. The van der Waals surface area contributed by atoms with Crippen LogP contribution < -0.4 is 10.2 Å². The molecule has 3 aliphatic heterocycles. The van der Waals surface area contributed by atoms with Crippen LogP contribution in [0.5, 0.6) is 5.75 Å². The van der Waals surface area contributed by atoms with Gasteiger partial charge in [-0.3, -0.25) is 14.5 Å². The van der Waals surface area contributed by atoms with Gasteiger partial charge < -0.3 is 14.4 Å². The zero-order chi connectivity index (χ0) is 29.5. The molecule has 2 amide bonds. The van der Waals surface area contributed by atoms with E-state index in [1.54, 1.807) is 12.1 Å². The Balaban J connectivity index is 1.16. The molecular weight excluding hydrogens is 542 g/mol. The molecule has 0 aliphatic carbocycles. The van der Waals surface area contributed by atoms with Crippen molar-refractivity contribution in [2.75, 3.05) is 26.2 Å². The molecule has 8 heteroatoms. The number of carbonyl (C=O) groups excluding carboxylic acids is 2. The van der Waals surface area contributed by atoms with E-state index < -0.39 is 17.9 Å². The highest BCUT2D eigenvalue weighted by atomic mass is 16.8. The van der Waals surface area contributed by atoms with E-state index in [1.807, 2.05) is 53.4 Å². The molecule has 8 nitrogen and oxygen atoms in total. The molecule has 224 valence electrons. The summed E-state index contributed by atoms with van der Waals surface area (Å²) < 4.78 is 12.2. The van der Waals surface area contributed by atoms with Crippen LogP contribution in [-0.4, -0.2) is 59.9 Å². The summed E-state index contributed by atoms with van der Waals surface area (Å²) in [5, 5.41) is 0. The molecule has 6 rings (SSSR count). The standard InChI is InChI=1S/C35H39N3O5/c39-32(36-43-33-13-7-8-24-41-33)17-15-28-14-16-31-30(25-28)34(40)38(26-29-11-5-2-6-12-29)35(42-31)19-22-37(23-20-35)21-18-27-9-3-1-4-10-27/h1-6,9-12,14-17,25,33H,7-8,13,18-24,26H2,(H,36,39). The Hall–Kier alpha value is -3.98. The number of amides is 2. The average Bonchev–Trinajstić information content (AvgIpc) is 3.06. The zero-order valence-corrected chi connectivity index (χ0v) is 24.5. The Morgan fingerprint density at radius 2 is 1.72 bits per heavy atom. The number of nitrogens with one attached hydrogen (secondary N) is 1. The zero-order valence-electron chi connectivity index (χ0n) is 24.5. The first kappa shape index (κ1) is 29.1. The first-order valence-electron chi connectivity index (χ1n) is 15.3. The van der Waals surface area contributed by atoms with Crippen LogP contribution in [0.3, 0.4) is 0 Å². The van der Waals surface area contributed by atoms with Gasteiger partial charge >= 0.3 is 0 Å². The van der Waals surface area contributed by atoms with Crippen LogP contribution in [0.2, 0.25) is 0 Å². The van der Waals surface area contributed by atoms with E-state index in [1.165, 1.54) is 11.6 Å². The summed E-state index contributed by atoms with van der Waals surface area (Å²) >= 11 is 0. The van der Waals surface area contributed by atoms with Crippen LogP contribution in [-0.2, 0) is 27.3 Å². The number of hydroxylamine groups is 1. The van der Waals surface area contributed by atoms with Crippen LogP contribution in [0.4, 0.5) is 0 Å². The molecule has 1 unspecified atom stereocenters. The van der Waals surface area contributed by atoms with Crippen molar-refractivity contribution in [3.63, 3.8) is 0 Å². The van der Waals surface area contributed by atoms with Crippen molar-refractivity contribution in [2.24, 2.45) is 0 Å². The second-order valence-electron chi connectivity index (χ2n) is 11.5. The van der Waals surface area contributed by atoms with E-state index in [4.69, 9.17) is 14.3 Å². The topological polar surface area (TPSA) is 80.3 Å². The molecule has 1 N–H and O–H groups in total. The molecule has 3 heterocycles. The van der Waals surface area contributed by atoms with E-state index in [0.717, 1.165) is 69.3 Å². The molecule has 3 aromatic rings. The summed E-state index contributed by atoms with van der Waals surface area (Å²) in [7, 11) is 0. The summed E-state index contributed by atoms with van der Waals surface area (Å²) in [4.78, 5) is 36.2. The first-order valence-corrected chi connectivity index (χ1v) is 15.3. The number of nitrogens with zero attached hydrogens (tertiary/aromatic N) is 2. The molecular formula is C35H39N3O5. The average molecular weight is 582 g/mol. The maximum atomic E-state index is 14.1. The minimum absolute atomic E-state index is 0.0553. The molecule has 3 aliphatic rings. The van der Waals surface area contributed by atoms with Crippen LogP contribution in [0.15, 0.2) is 84.9 Å². The van der Waals surface area contributed by atoms with Gasteiger partial charge in [-0.2, -0.15) is 0 Å². The molecule has 2 saturated heterocycles. The predicted octanol–water partition coefficient (Wildman–Crippen LogP) is 5.34. The molecule has 0 bridgehead atoms. The fourth-order valence-electron chi connectivity index (χ4n) is 6.04. The third-order valence-corrected chi connectivity index (χ3v) is 8.51. The molecule has 43 heavy (non-hydrogen) atoms. The lowest BCUT2D eigenvalue weighted by Crippen LogP contribution is -2.62. The highest BCUT2D eigenvalue weighted by Crippen LogP contribution is 2.41. The minimum Gasteiger partial charge on any atom is -0.467 e. The van der Waals surface area contributed by atoms with Gasteiger partial charge in [-0.15, -0.1) is 0 Å². The van der Waals surface area contributed by atoms with Gasteiger partial charge in [-0.25, -0.2) is 10.3 Å². The van der Waals surface area contributed by atoms with Gasteiger partial charge in [0.25, 0.3) is 11.8 Å². The molecule has 0 radical (unpaired) electrons. The van der Waals surface area contributed by atoms with Gasteiger partial charge in [-0.1, -0.05) is 66.7 Å². The molecule has 0 aromatic heterocycles. The summed E-state index contributed by atoms with van der Waals surface area (Å²) in [5.41, 5.74) is 5.35. The number of piperidine rings is 1. The van der Waals surface area contributed by atoms with Crippen molar-refractivity contribution >= 4 is 17.9 Å². The fraction of sp³-hybridized carbons (Fsp3) is 0.371. The smallest absolute Gasteiger partial charge is 0.267 e. The van der Waals surface area contributed by atoms with Gasteiger partial charge in [0, 0.05) is 58.1 Å². The van der Waals surface area contributed by atoms with Gasteiger partial charge in [0.05, 0.1) is 5.56 Å². The van der Waals surface area contributed by atoms with Gasteiger partial charge in [-0.05, 0) is 54.2 Å². The number of benzene rings is 3. The summed E-state index contributed by atoms with van der Waals surface area (Å²) in [6.07, 6.45) is 7.88. The van der Waals surface area contributed by atoms with Crippen LogP contribution in [0, 0.1) is 0 Å². The van der Waals surface area contributed by atoms with Crippen molar-refractivity contribution in [3.8, 4) is 5.75 Å². The second kappa shape index (κ2) is 13.5. The highest BCUT2D eigenvalue weighted by Gasteiger charge is 2.48. The lowest BCUT2D eigenvalue weighted by molar-refractivity contribution is -0.198. The third-order valence-electron chi connectivity index (χ3n) is 8.51. The summed E-state index contributed by atoms with van der Waals surface area (Å²) in [6.45, 7) is 3.78. The van der Waals surface area contributed by atoms with Crippen molar-refractivity contribution < 1.29 is 23.9 Å². The van der Waals surface area contributed by atoms with Crippen molar-refractivity contribution in [1.29, 1.82) is 0 Å². The lowest BCUT2D eigenvalue weighted by Gasteiger charge is -2.51. The highest BCUT2D eigenvalue weighted by molar-refractivity contribution is 5.99. The first-order chi connectivity index (χ1) is 21.1. The van der Waals surface area contributed by atoms with E-state index in [2.05, 4.69) is 34.6 Å². The third kappa shape index (κ3) is 7.16. The fourth-order valence-corrected chi connectivity index (χ4v) is 6.04. The minimum atomic E-state index is -0.709. The van der Waals surface area contributed by atoms with E-state index in [0.29, 0.717) is 24.5 Å². The normalized spacial score (nSPS) is 20.1. The summed E-state index contributed by atoms with van der Waals surface area (Å²) in [6, 6.07) is 26.1. The molecule has 1 spiro atoms. The predicted molar refractivity (Wildman–Crippen MR) is 164 cm³/mol. The van der Waals surface area contributed by atoms with Crippen molar-refractivity contribution in [3.05, 3.63) is 107 Å². The summed E-state index contributed by atoms with van der Waals surface area (Å²) in [5.74, 6) is 0.143. The van der Waals surface area contributed by atoms with Gasteiger partial charge in [0.1, 0.15) is 5.75 Å². The maximum absolute atomic E-state index is 14.1. The molecule has 0 saturated carbocycles. The van der Waals surface area contributed by atoms with Crippen molar-refractivity contribution in [1.82, 2.24) is 15.3 Å². The Labute approximate surface area is 253 Å². The largest absolute Gasteiger partial charge is 0.467 e.